The Bertz CT molecular complexity index is 1050. The van der Waals surface area contributed by atoms with Crippen LogP contribution in [0.3, 0.4) is 0 Å². The molecule has 0 aliphatic rings. The summed E-state index contributed by atoms with van der Waals surface area (Å²) in [5.74, 6) is -0.513. The average Bonchev–Trinajstić information content (AvgIpc) is 2.63. The zero-order valence-electron chi connectivity index (χ0n) is 13.6. The SMILES string of the molecule is N=CCC(=Nc1ccccc1F)c1nn(-c2cccc(Cl)c2)ccc1=O. The van der Waals surface area contributed by atoms with Gasteiger partial charge in [-0.3, -0.25) is 4.79 Å². The Morgan fingerprint density at radius 2 is 2.04 bits per heavy atom. The Hall–Kier alpha value is -3.12. The maximum atomic E-state index is 13.9. The molecule has 5 nitrogen and oxygen atoms in total. The minimum atomic E-state index is -0.513. The van der Waals surface area contributed by atoms with Crippen LogP contribution in [0.5, 0.6) is 0 Å². The predicted molar refractivity (Wildman–Crippen MR) is 101 cm³/mol. The van der Waals surface area contributed by atoms with Gasteiger partial charge in [-0.15, -0.1) is 0 Å². The number of aliphatic imine (C=N–C) groups is 1. The van der Waals surface area contributed by atoms with E-state index >= 15 is 0 Å². The van der Waals surface area contributed by atoms with E-state index in [1.165, 1.54) is 29.1 Å². The van der Waals surface area contributed by atoms with Gasteiger partial charge in [-0.05, 0) is 30.3 Å². The van der Waals surface area contributed by atoms with E-state index in [9.17, 15) is 9.18 Å². The number of benzene rings is 2. The van der Waals surface area contributed by atoms with E-state index in [0.29, 0.717) is 10.7 Å². The first-order chi connectivity index (χ1) is 12.6. The number of hydrogen-bond acceptors (Lipinski definition) is 4. The standard InChI is InChI=1S/C19H14ClFN4O/c20-13-4-3-5-14(12-13)25-11-9-18(26)19(24-25)17(8-10-22)23-16-7-2-1-6-15(16)21/h1-7,9-12,22H,8H2. The highest BCUT2D eigenvalue weighted by atomic mass is 35.5. The summed E-state index contributed by atoms with van der Waals surface area (Å²) in [4.78, 5) is 16.5. The summed E-state index contributed by atoms with van der Waals surface area (Å²) < 4.78 is 15.4. The highest BCUT2D eigenvalue weighted by molar-refractivity contribution is 6.30. The van der Waals surface area contributed by atoms with Gasteiger partial charge in [0.1, 0.15) is 5.82 Å². The molecule has 0 atom stereocenters. The Balaban J connectivity index is 2.13. The Labute approximate surface area is 153 Å². The normalized spacial score (nSPS) is 11.4. The van der Waals surface area contributed by atoms with Crippen LogP contribution < -0.4 is 5.43 Å². The maximum absolute atomic E-state index is 13.9. The fourth-order valence-electron chi connectivity index (χ4n) is 2.35. The molecular weight excluding hydrogens is 355 g/mol. The molecular formula is C19H14ClFN4O. The van der Waals surface area contributed by atoms with Gasteiger partial charge in [0.2, 0.25) is 5.43 Å². The summed E-state index contributed by atoms with van der Waals surface area (Å²) in [5.41, 5.74) is 0.661. The number of nitrogens with one attached hydrogen (secondary N) is 1. The van der Waals surface area contributed by atoms with Crippen LogP contribution in [0, 0.1) is 11.2 Å². The van der Waals surface area contributed by atoms with Crippen molar-refractivity contribution in [3.05, 3.63) is 87.6 Å². The van der Waals surface area contributed by atoms with Crippen LogP contribution in [0.4, 0.5) is 10.1 Å². The average molecular weight is 369 g/mol. The molecule has 0 radical (unpaired) electrons. The van der Waals surface area contributed by atoms with Crippen molar-refractivity contribution >= 4 is 29.2 Å². The van der Waals surface area contributed by atoms with Crippen LogP contribution in [0.2, 0.25) is 5.02 Å². The van der Waals surface area contributed by atoms with Gasteiger partial charge in [0.05, 0.1) is 17.1 Å². The fourth-order valence-corrected chi connectivity index (χ4v) is 2.53. The van der Waals surface area contributed by atoms with Crippen molar-refractivity contribution in [3.8, 4) is 5.69 Å². The molecule has 1 aromatic heterocycles. The monoisotopic (exact) mass is 368 g/mol. The second-order valence-corrected chi connectivity index (χ2v) is 5.81. The second kappa shape index (κ2) is 7.84. The largest absolute Gasteiger partial charge is 0.313 e. The van der Waals surface area contributed by atoms with E-state index in [1.54, 1.807) is 36.4 Å². The van der Waals surface area contributed by atoms with E-state index in [-0.39, 0.29) is 28.9 Å². The zero-order chi connectivity index (χ0) is 18.5. The van der Waals surface area contributed by atoms with Crippen molar-refractivity contribution in [2.75, 3.05) is 0 Å². The lowest BCUT2D eigenvalue weighted by Crippen LogP contribution is -2.21. The molecule has 0 saturated heterocycles. The minimum Gasteiger partial charge on any atom is -0.313 e. The van der Waals surface area contributed by atoms with Gasteiger partial charge < -0.3 is 5.41 Å². The number of aromatic nitrogens is 2. The summed E-state index contributed by atoms with van der Waals surface area (Å²) in [6, 6.07) is 14.3. The zero-order valence-corrected chi connectivity index (χ0v) is 14.3. The number of para-hydroxylation sites is 1. The summed E-state index contributed by atoms with van der Waals surface area (Å²) >= 11 is 6.00. The summed E-state index contributed by atoms with van der Waals surface area (Å²) in [7, 11) is 0. The molecule has 0 aliphatic carbocycles. The lowest BCUT2D eigenvalue weighted by Gasteiger charge is -2.09. The van der Waals surface area contributed by atoms with Gasteiger partial charge in [-0.25, -0.2) is 14.1 Å². The van der Waals surface area contributed by atoms with Crippen molar-refractivity contribution < 1.29 is 4.39 Å². The molecule has 0 bridgehead atoms. The molecule has 0 unspecified atom stereocenters. The van der Waals surface area contributed by atoms with Crippen molar-refractivity contribution in [2.24, 2.45) is 4.99 Å². The smallest absolute Gasteiger partial charge is 0.209 e. The minimum absolute atomic E-state index is 0.0517. The first kappa shape index (κ1) is 17.7. The van der Waals surface area contributed by atoms with Crippen LogP contribution >= 0.6 is 11.6 Å². The molecule has 130 valence electrons. The Kier molecular flexibility index (Phi) is 5.34. The van der Waals surface area contributed by atoms with E-state index in [4.69, 9.17) is 17.0 Å². The Morgan fingerprint density at radius 1 is 1.23 bits per heavy atom. The third-order valence-corrected chi connectivity index (χ3v) is 3.79. The van der Waals surface area contributed by atoms with Gasteiger partial charge in [-0.2, -0.15) is 5.10 Å². The molecule has 0 spiro atoms. The first-order valence-electron chi connectivity index (χ1n) is 7.76. The van der Waals surface area contributed by atoms with E-state index in [0.717, 1.165) is 6.21 Å². The molecule has 0 fully saturated rings. The Morgan fingerprint density at radius 3 is 2.77 bits per heavy atom. The van der Waals surface area contributed by atoms with E-state index in [2.05, 4.69) is 10.1 Å². The third-order valence-electron chi connectivity index (χ3n) is 3.56. The molecule has 3 rings (SSSR count). The maximum Gasteiger partial charge on any atom is 0.209 e. The van der Waals surface area contributed by atoms with Crippen LogP contribution in [-0.2, 0) is 0 Å². The van der Waals surface area contributed by atoms with Gasteiger partial charge in [0.25, 0.3) is 0 Å². The van der Waals surface area contributed by atoms with E-state index < -0.39 is 5.82 Å². The molecule has 3 aromatic rings. The molecule has 0 aliphatic heterocycles. The van der Waals surface area contributed by atoms with Gasteiger partial charge in [-0.1, -0.05) is 29.8 Å². The van der Waals surface area contributed by atoms with Gasteiger partial charge >= 0.3 is 0 Å². The van der Waals surface area contributed by atoms with Crippen molar-refractivity contribution in [1.82, 2.24) is 9.78 Å². The number of halogens is 2. The highest BCUT2D eigenvalue weighted by Crippen LogP contribution is 2.18. The molecule has 1 N–H and O–H groups in total. The van der Waals surface area contributed by atoms with Crippen molar-refractivity contribution in [2.45, 2.75) is 6.42 Å². The molecule has 0 amide bonds. The summed E-state index contributed by atoms with van der Waals surface area (Å²) in [6.45, 7) is 0. The third kappa shape index (κ3) is 3.92. The molecule has 26 heavy (non-hydrogen) atoms. The van der Waals surface area contributed by atoms with E-state index in [1.807, 2.05) is 0 Å². The van der Waals surface area contributed by atoms with Crippen LogP contribution in [-0.4, -0.2) is 21.7 Å². The van der Waals surface area contributed by atoms with Gasteiger partial charge in [0.15, 0.2) is 5.69 Å². The van der Waals surface area contributed by atoms with Crippen LogP contribution in [0.15, 0.2) is 70.6 Å². The quantitative estimate of drug-likeness (QED) is 0.686. The molecule has 2 aromatic carbocycles. The highest BCUT2D eigenvalue weighted by Gasteiger charge is 2.12. The van der Waals surface area contributed by atoms with Crippen molar-refractivity contribution in [3.63, 3.8) is 0 Å². The van der Waals surface area contributed by atoms with Gasteiger partial charge in [0, 0.05) is 29.9 Å². The number of nitrogens with zero attached hydrogens (tertiary/aromatic N) is 3. The topological polar surface area (TPSA) is 71.1 Å². The predicted octanol–water partition coefficient (Wildman–Crippen LogP) is 4.19. The molecule has 0 saturated carbocycles. The second-order valence-electron chi connectivity index (χ2n) is 5.37. The number of hydrogen-bond donors (Lipinski definition) is 1. The van der Waals surface area contributed by atoms with Crippen molar-refractivity contribution in [1.29, 1.82) is 5.41 Å². The van der Waals surface area contributed by atoms with Crippen LogP contribution in [0.1, 0.15) is 12.1 Å². The lowest BCUT2D eigenvalue weighted by molar-refractivity contribution is 0.630. The number of rotatable bonds is 5. The summed E-state index contributed by atoms with van der Waals surface area (Å²) in [5, 5.41) is 12.2. The molecule has 1 heterocycles. The lowest BCUT2D eigenvalue weighted by atomic mass is 10.2. The fraction of sp³-hybridized carbons (Fsp3) is 0.0526. The molecule has 7 heteroatoms. The first-order valence-corrected chi connectivity index (χ1v) is 8.13. The van der Waals surface area contributed by atoms with Crippen LogP contribution in [0.25, 0.3) is 5.69 Å². The summed E-state index contributed by atoms with van der Waals surface area (Å²) in [6.07, 6.45) is 2.66.